The van der Waals surface area contributed by atoms with Crippen molar-refractivity contribution in [3.63, 3.8) is 0 Å². The minimum absolute atomic E-state index is 0.0142. The highest BCUT2D eigenvalue weighted by Gasteiger charge is 2.31. The van der Waals surface area contributed by atoms with Crippen LogP contribution in [-0.2, 0) is 7.05 Å². The Bertz CT molecular complexity index is 1000. The standard InChI is InChI=1S/C17H12N2O4/c1-19-8-9(10-3-2-6-18-17(10)19)7-13-14(21)11-4-5-12(20)15(22)16(11)23-13/h2-8,20,22H,1H3. The average molecular weight is 308 g/mol. The highest BCUT2D eigenvalue weighted by Crippen LogP contribution is 2.44. The predicted molar refractivity (Wildman–Crippen MR) is 83.4 cm³/mol. The fraction of sp³-hybridized carbons (Fsp3) is 0.0588. The third kappa shape index (κ3) is 1.88. The van der Waals surface area contributed by atoms with Crippen LogP contribution in [-0.4, -0.2) is 25.5 Å². The molecule has 0 spiro atoms. The number of ketones is 1. The minimum Gasteiger partial charge on any atom is -0.504 e. The van der Waals surface area contributed by atoms with Crippen molar-refractivity contribution in [2.24, 2.45) is 7.05 Å². The SMILES string of the molecule is Cn1cc(C=C2Oc3c(ccc(O)c3O)C2=O)c2cccnc21. The van der Waals surface area contributed by atoms with Gasteiger partial charge in [-0.1, -0.05) is 0 Å². The summed E-state index contributed by atoms with van der Waals surface area (Å²) in [4.78, 5) is 16.7. The van der Waals surface area contributed by atoms with E-state index in [2.05, 4.69) is 4.98 Å². The summed E-state index contributed by atoms with van der Waals surface area (Å²) in [6, 6.07) is 6.42. The van der Waals surface area contributed by atoms with Gasteiger partial charge in [-0.2, -0.15) is 0 Å². The summed E-state index contributed by atoms with van der Waals surface area (Å²) in [5, 5.41) is 20.2. The Morgan fingerprint density at radius 1 is 1.26 bits per heavy atom. The van der Waals surface area contributed by atoms with Crippen LogP contribution in [0.25, 0.3) is 17.1 Å². The molecule has 114 valence electrons. The third-order valence-corrected chi connectivity index (χ3v) is 3.84. The second kappa shape index (κ2) is 4.61. The Morgan fingerprint density at radius 2 is 2.09 bits per heavy atom. The second-order valence-corrected chi connectivity index (χ2v) is 5.32. The van der Waals surface area contributed by atoms with Crippen LogP contribution in [0.5, 0.6) is 17.2 Å². The lowest BCUT2D eigenvalue weighted by Crippen LogP contribution is -1.97. The van der Waals surface area contributed by atoms with Gasteiger partial charge in [0.15, 0.2) is 17.3 Å². The van der Waals surface area contributed by atoms with Crippen molar-refractivity contribution in [3.8, 4) is 17.2 Å². The zero-order chi connectivity index (χ0) is 16.1. The number of hydrogen-bond donors (Lipinski definition) is 2. The normalized spacial score (nSPS) is 15.2. The number of aryl methyl sites for hydroxylation is 1. The number of phenolic OH excluding ortho intramolecular Hbond substituents is 2. The van der Waals surface area contributed by atoms with E-state index < -0.39 is 5.75 Å². The number of ether oxygens (including phenoxy) is 1. The van der Waals surface area contributed by atoms with E-state index in [1.54, 1.807) is 12.3 Å². The number of Topliss-reactive ketones (excluding diaryl/α,β-unsaturated/α-hetero) is 1. The van der Waals surface area contributed by atoms with Gasteiger partial charge in [-0.25, -0.2) is 4.98 Å². The molecule has 0 fully saturated rings. The van der Waals surface area contributed by atoms with Gasteiger partial charge >= 0.3 is 0 Å². The molecule has 3 heterocycles. The summed E-state index contributed by atoms with van der Waals surface area (Å²) < 4.78 is 7.32. The number of nitrogens with zero attached hydrogens (tertiary/aromatic N) is 2. The van der Waals surface area contributed by atoms with Gasteiger partial charge in [-0.3, -0.25) is 4.79 Å². The summed E-state index contributed by atoms with van der Waals surface area (Å²) in [5.74, 6) is -1.01. The van der Waals surface area contributed by atoms with Crippen molar-refractivity contribution in [2.75, 3.05) is 0 Å². The number of aromatic nitrogens is 2. The van der Waals surface area contributed by atoms with E-state index in [1.807, 2.05) is 29.9 Å². The van der Waals surface area contributed by atoms with Gasteiger partial charge in [0.2, 0.25) is 11.5 Å². The molecule has 0 radical (unpaired) electrons. The van der Waals surface area contributed by atoms with E-state index >= 15 is 0 Å². The number of carbonyl (C=O) groups excluding carboxylic acids is 1. The molecule has 2 N–H and O–H groups in total. The average Bonchev–Trinajstić information content (AvgIpc) is 3.03. The Hall–Kier alpha value is -3.28. The number of benzene rings is 1. The Labute approximate surface area is 130 Å². The molecule has 1 aliphatic heterocycles. The van der Waals surface area contributed by atoms with Crippen molar-refractivity contribution >= 4 is 22.9 Å². The molecule has 3 aromatic rings. The zero-order valence-electron chi connectivity index (χ0n) is 12.1. The lowest BCUT2D eigenvalue weighted by molar-refractivity contribution is 0.101. The van der Waals surface area contributed by atoms with Crippen molar-refractivity contribution in [1.29, 1.82) is 0 Å². The number of aromatic hydroxyl groups is 2. The maximum Gasteiger partial charge on any atom is 0.232 e. The van der Waals surface area contributed by atoms with E-state index in [-0.39, 0.29) is 28.6 Å². The fourth-order valence-corrected chi connectivity index (χ4v) is 2.73. The largest absolute Gasteiger partial charge is 0.504 e. The molecule has 1 aromatic carbocycles. The first-order chi connectivity index (χ1) is 11.1. The second-order valence-electron chi connectivity index (χ2n) is 5.32. The van der Waals surface area contributed by atoms with E-state index in [4.69, 9.17) is 4.74 Å². The number of phenols is 2. The molecule has 0 unspecified atom stereocenters. The lowest BCUT2D eigenvalue weighted by atomic mass is 10.1. The maximum atomic E-state index is 12.4. The molecule has 0 saturated carbocycles. The summed E-state index contributed by atoms with van der Waals surface area (Å²) in [6.45, 7) is 0. The molecule has 6 nitrogen and oxygen atoms in total. The molecular weight excluding hydrogens is 296 g/mol. The first-order valence-electron chi connectivity index (χ1n) is 6.95. The molecule has 0 saturated heterocycles. The molecular formula is C17H12N2O4. The van der Waals surface area contributed by atoms with Crippen LogP contribution in [0.2, 0.25) is 0 Å². The minimum atomic E-state index is -0.432. The first kappa shape index (κ1) is 13.4. The number of carbonyl (C=O) groups is 1. The number of hydrogen-bond acceptors (Lipinski definition) is 5. The van der Waals surface area contributed by atoms with Crippen molar-refractivity contribution in [1.82, 2.24) is 9.55 Å². The number of pyridine rings is 1. The molecule has 6 heteroatoms. The zero-order valence-corrected chi connectivity index (χ0v) is 12.1. The number of rotatable bonds is 1. The molecule has 1 aliphatic rings. The molecule has 0 bridgehead atoms. The predicted octanol–water partition coefficient (Wildman–Crippen LogP) is 2.60. The Balaban J connectivity index is 1.84. The monoisotopic (exact) mass is 308 g/mol. The highest BCUT2D eigenvalue weighted by atomic mass is 16.5. The van der Waals surface area contributed by atoms with E-state index in [0.717, 1.165) is 16.6 Å². The number of allylic oxidation sites excluding steroid dienone is 1. The van der Waals surface area contributed by atoms with Crippen LogP contribution in [0.15, 0.2) is 42.4 Å². The van der Waals surface area contributed by atoms with Crippen molar-refractivity contribution in [2.45, 2.75) is 0 Å². The van der Waals surface area contributed by atoms with E-state index in [0.29, 0.717) is 0 Å². The fourth-order valence-electron chi connectivity index (χ4n) is 2.73. The van der Waals surface area contributed by atoms with Gasteiger partial charge in [0, 0.05) is 30.4 Å². The van der Waals surface area contributed by atoms with Gasteiger partial charge in [0.05, 0.1) is 5.56 Å². The molecule has 0 aliphatic carbocycles. The smallest absolute Gasteiger partial charge is 0.232 e. The number of fused-ring (bicyclic) bond motifs is 2. The van der Waals surface area contributed by atoms with Gasteiger partial charge in [-0.15, -0.1) is 0 Å². The molecule has 0 amide bonds. The quantitative estimate of drug-likeness (QED) is 0.533. The lowest BCUT2D eigenvalue weighted by Gasteiger charge is -2.02. The molecule has 23 heavy (non-hydrogen) atoms. The summed E-state index contributed by atoms with van der Waals surface area (Å²) in [7, 11) is 1.87. The van der Waals surface area contributed by atoms with Gasteiger partial charge in [0.1, 0.15) is 5.65 Å². The Kier molecular flexibility index (Phi) is 2.68. The van der Waals surface area contributed by atoms with E-state index in [1.165, 1.54) is 12.1 Å². The van der Waals surface area contributed by atoms with Crippen molar-refractivity contribution < 1.29 is 19.7 Å². The van der Waals surface area contributed by atoms with Crippen molar-refractivity contribution in [3.05, 3.63) is 53.5 Å². The molecule has 4 rings (SSSR count). The first-order valence-corrected chi connectivity index (χ1v) is 6.95. The third-order valence-electron chi connectivity index (χ3n) is 3.84. The van der Waals surface area contributed by atoms with Crippen LogP contribution in [0.1, 0.15) is 15.9 Å². The van der Waals surface area contributed by atoms with Crippen LogP contribution >= 0.6 is 0 Å². The van der Waals surface area contributed by atoms with Gasteiger partial charge in [0.25, 0.3) is 0 Å². The van der Waals surface area contributed by atoms with Gasteiger partial charge in [-0.05, 0) is 30.3 Å². The Morgan fingerprint density at radius 3 is 2.91 bits per heavy atom. The topological polar surface area (TPSA) is 84.6 Å². The van der Waals surface area contributed by atoms with Gasteiger partial charge < -0.3 is 19.5 Å². The van der Waals surface area contributed by atoms with Crippen LogP contribution in [0.3, 0.4) is 0 Å². The summed E-state index contributed by atoms with van der Waals surface area (Å²) >= 11 is 0. The highest BCUT2D eigenvalue weighted by molar-refractivity contribution is 6.15. The maximum absolute atomic E-state index is 12.4. The van der Waals surface area contributed by atoms with Crippen LogP contribution in [0.4, 0.5) is 0 Å². The summed E-state index contributed by atoms with van der Waals surface area (Å²) in [5.41, 5.74) is 1.81. The molecule has 0 atom stereocenters. The summed E-state index contributed by atoms with van der Waals surface area (Å²) in [6.07, 6.45) is 5.16. The molecule has 2 aromatic heterocycles. The van der Waals surface area contributed by atoms with Crippen LogP contribution < -0.4 is 4.74 Å². The van der Waals surface area contributed by atoms with E-state index in [9.17, 15) is 15.0 Å². The van der Waals surface area contributed by atoms with Crippen LogP contribution in [0, 0.1) is 0 Å².